The lowest BCUT2D eigenvalue weighted by Crippen LogP contribution is -2.26. The molecule has 0 fully saturated rings. The summed E-state index contributed by atoms with van der Waals surface area (Å²) in [5, 5.41) is 10.0. The summed E-state index contributed by atoms with van der Waals surface area (Å²) in [4.78, 5) is 0. The monoisotopic (exact) mass is 524 g/mol. The zero-order valence-corrected chi connectivity index (χ0v) is 18.3. The van der Waals surface area contributed by atoms with Crippen molar-refractivity contribution in [3.63, 3.8) is 0 Å². The maximum atomic E-state index is 15.1. The molecule has 0 aliphatic heterocycles. The molecular weight excluding hydrogens is 507 g/mol. The minimum Gasteiger partial charge on any atom is -0.507 e. The highest BCUT2D eigenvalue weighted by atomic mass is 19.4. The van der Waals surface area contributed by atoms with E-state index in [1.165, 1.54) is 12.1 Å². The molecule has 0 saturated carbocycles. The van der Waals surface area contributed by atoms with E-state index in [0.717, 1.165) is 18.4 Å². The lowest BCUT2D eigenvalue weighted by atomic mass is 9.97. The molecule has 194 valence electrons. The molecule has 0 unspecified atom stereocenters. The van der Waals surface area contributed by atoms with E-state index in [0.29, 0.717) is 6.42 Å². The normalized spacial score (nSPS) is 12.1. The first-order valence-corrected chi connectivity index (χ1v) is 10.4. The Morgan fingerprint density at radius 2 is 1.39 bits per heavy atom. The van der Waals surface area contributed by atoms with E-state index in [1.807, 2.05) is 6.92 Å². The number of benzene rings is 3. The van der Waals surface area contributed by atoms with Gasteiger partial charge in [-0.3, -0.25) is 0 Å². The van der Waals surface area contributed by atoms with Crippen molar-refractivity contribution in [2.75, 3.05) is 0 Å². The molecule has 1 N–H and O–H groups in total. The van der Waals surface area contributed by atoms with Crippen molar-refractivity contribution >= 4 is 0 Å². The van der Waals surface area contributed by atoms with E-state index in [4.69, 9.17) is 0 Å². The quantitative estimate of drug-likeness (QED) is 0.304. The predicted molar refractivity (Wildman–Crippen MR) is 110 cm³/mol. The van der Waals surface area contributed by atoms with E-state index in [-0.39, 0.29) is 23.8 Å². The summed E-state index contributed by atoms with van der Waals surface area (Å²) in [6, 6.07) is 5.84. The molecule has 0 aliphatic carbocycles. The number of aryl methyl sites for hydroxylation is 1. The van der Waals surface area contributed by atoms with Gasteiger partial charge in [0.25, 0.3) is 0 Å². The molecule has 0 heterocycles. The Hall–Kier alpha value is -3.57. The molecule has 3 nitrogen and oxygen atoms in total. The van der Waals surface area contributed by atoms with Gasteiger partial charge in [0.1, 0.15) is 22.9 Å². The topological polar surface area (TPSA) is 38.7 Å². The van der Waals surface area contributed by atoms with Gasteiger partial charge in [0.15, 0.2) is 17.5 Å². The third-order valence-electron chi connectivity index (χ3n) is 4.99. The third kappa shape index (κ3) is 5.97. The number of phenolic OH excluding ortho intramolecular Hbond substituents is 1. The number of halogens is 9. The third-order valence-corrected chi connectivity index (χ3v) is 4.99. The first kappa shape index (κ1) is 27.0. The highest BCUT2D eigenvalue weighted by Gasteiger charge is 2.43. The van der Waals surface area contributed by atoms with Gasteiger partial charge < -0.3 is 14.6 Å². The van der Waals surface area contributed by atoms with Crippen molar-refractivity contribution in [1.29, 1.82) is 0 Å². The zero-order valence-electron chi connectivity index (χ0n) is 18.3. The highest BCUT2D eigenvalue weighted by molar-refractivity contribution is 5.72. The maximum absolute atomic E-state index is 15.1. The van der Waals surface area contributed by atoms with Gasteiger partial charge in [-0.25, -0.2) is 17.6 Å². The van der Waals surface area contributed by atoms with Crippen LogP contribution in [0.15, 0.2) is 42.5 Å². The van der Waals surface area contributed by atoms with Crippen LogP contribution in [0, 0.1) is 23.3 Å². The Balaban J connectivity index is 1.99. The largest absolute Gasteiger partial charge is 0.573 e. The smallest absolute Gasteiger partial charge is 0.507 e. The summed E-state index contributed by atoms with van der Waals surface area (Å²) in [5.74, 6) is -12.3. The highest BCUT2D eigenvalue weighted by Crippen LogP contribution is 2.43. The van der Waals surface area contributed by atoms with E-state index < -0.39 is 64.1 Å². The fourth-order valence-electron chi connectivity index (χ4n) is 3.37. The van der Waals surface area contributed by atoms with Gasteiger partial charge in [-0.2, -0.15) is 8.78 Å². The van der Waals surface area contributed by atoms with Crippen LogP contribution in [0.1, 0.15) is 30.9 Å². The van der Waals surface area contributed by atoms with Crippen LogP contribution in [-0.4, -0.2) is 11.5 Å². The Bertz CT molecular complexity index is 1220. The fourth-order valence-corrected chi connectivity index (χ4v) is 3.37. The summed E-state index contributed by atoms with van der Waals surface area (Å²) in [5.41, 5.74) is -2.02. The van der Waals surface area contributed by atoms with Crippen molar-refractivity contribution in [2.24, 2.45) is 0 Å². The number of rotatable bonds is 8. The summed E-state index contributed by atoms with van der Waals surface area (Å²) in [6.45, 7) is 1.97. The SMILES string of the molecule is CCCCc1ccc(-c2c(O)cc(F)c(C(F)(F)Oc3cc(F)c(OC(F)(F)F)c(F)c3)c2F)cc1. The molecular formula is C24H17F9O3. The summed E-state index contributed by atoms with van der Waals surface area (Å²) >= 11 is 0. The van der Waals surface area contributed by atoms with Crippen LogP contribution in [0.2, 0.25) is 0 Å². The van der Waals surface area contributed by atoms with Gasteiger partial charge in [-0.15, -0.1) is 13.2 Å². The molecule has 0 amide bonds. The van der Waals surface area contributed by atoms with E-state index >= 15 is 4.39 Å². The lowest BCUT2D eigenvalue weighted by molar-refractivity contribution is -0.276. The number of aromatic hydroxyl groups is 1. The van der Waals surface area contributed by atoms with Gasteiger partial charge >= 0.3 is 12.5 Å². The van der Waals surface area contributed by atoms with Crippen molar-refractivity contribution in [2.45, 2.75) is 38.7 Å². The van der Waals surface area contributed by atoms with Crippen LogP contribution in [0.4, 0.5) is 39.5 Å². The molecule has 0 aromatic heterocycles. The van der Waals surface area contributed by atoms with Crippen molar-refractivity contribution in [3.8, 4) is 28.4 Å². The molecule has 12 heteroatoms. The van der Waals surface area contributed by atoms with Crippen molar-refractivity contribution in [3.05, 3.63) is 76.9 Å². The lowest BCUT2D eigenvalue weighted by Gasteiger charge is -2.21. The van der Waals surface area contributed by atoms with E-state index in [9.17, 15) is 40.2 Å². The molecule has 3 aromatic rings. The minimum absolute atomic E-state index is 0.0759. The van der Waals surface area contributed by atoms with Crippen LogP contribution >= 0.6 is 0 Å². The number of hydrogen-bond acceptors (Lipinski definition) is 3. The first-order chi connectivity index (χ1) is 16.7. The second kappa shape index (κ2) is 10.2. The van der Waals surface area contributed by atoms with Crippen molar-refractivity contribution in [1.82, 2.24) is 0 Å². The van der Waals surface area contributed by atoms with Gasteiger partial charge in [-0.1, -0.05) is 37.6 Å². The summed E-state index contributed by atoms with van der Waals surface area (Å²) < 4.78 is 131. The van der Waals surface area contributed by atoms with Crippen LogP contribution in [-0.2, 0) is 12.5 Å². The molecule has 0 bridgehead atoms. The zero-order chi connectivity index (χ0) is 26.8. The predicted octanol–water partition coefficient (Wildman–Crippen LogP) is 7.99. The molecule has 0 saturated heterocycles. The second-order valence-corrected chi connectivity index (χ2v) is 7.62. The average Bonchev–Trinajstić information content (AvgIpc) is 2.74. The van der Waals surface area contributed by atoms with Gasteiger partial charge in [0, 0.05) is 18.2 Å². The van der Waals surface area contributed by atoms with E-state index in [1.54, 1.807) is 12.1 Å². The summed E-state index contributed by atoms with van der Waals surface area (Å²) in [6.07, 6.45) is -7.96. The molecule has 0 spiro atoms. The van der Waals surface area contributed by atoms with Gasteiger partial charge in [0.05, 0.1) is 5.56 Å². The fraction of sp³-hybridized carbons (Fsp3) is 0.250. The Kier molecular flexibility index (Phi) is 7.65. The minimum atomic E-state index is -5.49. The summed E-state index contributed by atoms with van der Waals surface area (Å²) in [7, 11) is 0. The molecule has 0 aliphatic rings. The Morgan fingerprint density at radius 3 is 1.92 bits per heavy atom. The number of phenols is 1. The number of unbranched alkanes of at least 4 members (excludes halogenated alkanes) is 1. The number of hydrogen-bond donors (Lipinski definition) is 1. The Labute approximate surface area is 198 Å². The molecule has 3 aromatic carbocycles. The van der Waals surface area contributed by atoms with Crippen LogP contribution in [0.25, 0.3) is 11.1 Å². The number of alkyl halides is 5. The van der Waals surface area contributed by atoms with Crippen LogP contribution in [0.3, 0.4) is 0 Å². The average molecular weight is 524 g/mol. The number of ether oxygens (including phenoxy) is 2. The van der Waals surface area contributed by atoms with Crippen LogP contribution in [0.5, 0.6) is 17.2 Å². The van der Waals surface area contributed by atoms with Crippen molar-refractivity contribution < 1.29 is 54.1 Å². The second-order valence-electron chi connectivity index (χ2n) is 7.62. The Morgan fingerprint density at radius 1 is 0.806 bits per heavy atom. The molecule has 36 heavy (non-hydrogen) atoms. The van der Waals surface area contributed by atoms with Crippen LogP contribution < -0.4 is 9.47 Å². The van der Waals surface area contributed by atoms with Gasteiger partial charge in [-0.05, 0) is 24.0 Å². The first-order valence-electron chi connectivity index (χ1n) is 10.4. The molecule has 3 rings (SSSR count). The van der Waals surface area contributed by atoms with Gasteiger partial charge in [0.2, 0.25) is 5.75 Å². The molecule has 0 atom stereocenters. The standard InChI is InChI=1S/C24H17F9O3/c1-2-3-4-12-5-7-13(8-6-12)19-18(34)11-15(25)20(21(19)28)23(29,30)35-14-9-16(26)22(17(27)10-14)36-24(31,32)33/h5-11,34H,2-4H2,1H3. The van der Waals surface area contributed by atoms with E-state index in [2.05, 4.69) is 9.47 Å². The molecule has 0 radical (unpaired) electrons. The maximum Gasteiger partial charge on any atom is 0.573 e.